The number of rotatable bonds is 4. The van der Waals surface area contributed by atoms with Crippen LogP contribution in [0.2, 0.25) is 0 Å². The van der Waals surface area contributed by atoms with Crippen LogP contribution >= 0.6 is 0 Å². The van der Waals surface area contributed by atoms with E-state index in [2.05, 4.69) is 34.2 Å². The van der Waals surface area contributed by atoms with Crippen molar-refractivity contribution >= 4 is 5.84 Å². The Kier molecular flexibility index (Phi) is 9.43. The van der Waals surface area contributed by atoms with E-state index >= 15 is 0 Å². The van der Waals surface area contributed by atoms with Gasteiger partial charge in [0, 0.05) is 12.8 Å². The van der Waals surface area contributed by atoms with Crippen molar-refractivity contribution in [2.75, 3.05) is 19.6 Å². The lowest BCUT2D eigenvalue weighted by molar-refractivity contribution is -0.534. The summed E-state index contributed by atoms with van der Waals surface area (Å²) in [5.41, 5.74) is 3.63. The minimum atomic E-state index is -0.593. The molecule has 39 heavy (non-hydrogen) atoms. The first-order valence-corrected chi connectivity index (χ1v) is 13.7. The standard InChI is InChI=1S/C25H20O2.C9H16N2.CH4/c26-23-15-11-21(12-16-23)25(19-7-3-1-4-8-19,20-9-5-2-6-10-20)22-13-17-24(27)18-14-22;1-2-5-9-10-6-4-8-11(9)7-3-1;/h1-18,26-27H;1-8H2;1H4. The van der Waals surface area contributed by atoms with Gasteiger partial charge in [-0.15, -0.1) is 5.75 Å². The molecule has 4 aromatic rings. The smallest absolute Gasteiger partial charge is 0.244 e. The van der Waals surface area contributed by atoms with Crippen LogP contribution in [0.15, 0.2) is 109 Å². The molecule has 0 aliphatic carbocycles. The first kappa shape index (κ1) is 28.0. The second-order valence-corrected chi connectivity index (χ2v) is 10.1. The summed E-state index contributed by atoms with van der Waals surface area (Å²) in [6.07, 6.45) is 6.81. The molecule has 4 heteroatoms. The first-order chi connectivity index (χ1) is 18.7. The van der Waals surface area contributed by atoms with Crippen molar-refractivity contribution in [2.24, 2.45) is 0 Å². The summed E-state index contributed by atoms with van der Waals surface area (Å²) < 4.78 is 2.54. The quantitative estimate of drug-likeness (QED) is 0.240. The summed E-state index contributed by atoms with van der Waals surface area (Å²) in [5.74, 6) is 1.73. The van der Waals surface area contributed by atoms with Crippen molar-refractivity contribution in [1.82, 2.24) is 5.32 Å². The van der Waals surface area contributed by atoms with Crippen LogP contribution in [0.1, 0.15) is 61.8 Å². The van der Waals surface area contributed by atoms with Gasteiger partial charge in [0.2, 0.25) is 5.84 Å². The van der Waals surface area contributed by atoms with Crippen molar-refractivity contribution in [1.29, 1.82) is 0 Å². The van der Waals surface area contributed by atoms with E-state index in [-0.39, 0.29) is 18.9 Å². The maximum absolute atomic E-state index is 11.8. The van der Waals surface area contributed by atoms with Crippen molar-refractivity contribution < 1.29 is 14.8 Å². The van der Waals surface area contributed by atoms with Crippen molar-refractivity contribution in [3.05, 3.63) is 131 Å². The van der Waals surface area contributed by atoms with Crippen LogP contribution in [0.25, 0.3) is 0 Å². The highest BCUT2D eigenvalue weighted by Crippen LogP contribution is 2.45. The van der Waals surface area contributed by atoms with Gasteiger partial charge >= 0.3 is 0 Å². The SMILES string of the molecule is C.C1CCC2=[N+](CC1)CCCN2.[O-]c1ccc(C(c2ccccc2)(c2ccccc2)c2ccc(O)cc2)cc1. The number of nitrogens with zero attached hydrogens (tertiary/aromatic N) is 1. The zero-order valence-electron chi connectivity index (χ0n) is 21.9. The van der Waals surface area contributed by atoms with Crippen LogP contribution < -0.4 is 10.4 Å². The molecule has 0 radical (unpaired) electrons. The van der Waals surface area contributed by atoms with Crippen molar-refractivity contribution in [3.63, 3.8) is 0 Å². The van der Waals surface area contributed by atoms with Gasteiger partial charge < -0.3 is 10.2 Å². The van der Waals surface area contributed by atoms with Crippen LogP contribution in [-0.2, 0) is 5.41 Å². The van der Waals surface area contributed by atoms with Crippen molar-refractivity contribution in [3.8, 4) is 11.5 Å². The molecule has 2 aliphatic heterocycles. The minimum absolute atomic E-state index is 0. The van der Waals surface area contributed by atoms with E-state index in [9.17, 15) is 10.2 Å². The lowest BCUT2D eigenvalue weighted by atomic mass is 9.65. The third kappa shape index (κ3) is 6.17. The topological polar surface area (TPSA) is 58.3 Å². The lowest BCUT2D eigenvalue weighted by Crippen LogP contribution is -2.40. The number of phenols is 1. The maximum atomic E-state index is 11.8. The zero-order valence-corrected chi connectivity index (χ0v) is 21.9. The van der Waals surface area contributed by atoms with E-state index in [1.807, 2.05) is 60.7 Å². The van der Waals surface area contributed by atoms with E-state index in [4.69, 9.17) is 0 Å². The summed E-state index contributed by atoms with van der Waals surface area (Å²) in [6.45, 7) is 3.79. The van der Waals surface area contributed by atoms with Crippen LogP contribution in [0, 0.1) is 0 Å². The monoisotopic (exact) mass is 520 g/mol. The number of phenolic OH excluding ortho intramolecular Hbond substituents is 1. The Bertz CT molecular complexity index is 1230. The van der Waals surface area contributed by atoms with Gasteiger partial charge in [-0.25, -0.2) is 0 Å². The molecule has 0 bridgehead atoms. The summed E-state index contributed by atoms with van der Waals surface area (Å²) in [4.78, 5) is 0. The van der Waals surface area contributed by atoms with Gasteiger partial charge in [0.25, 0.3) is 0 Å². The van der Waals surface area contributed by atoms with E-state index in [0.29, 0.717) is 0 Å². The van der Waals surface area contributed by atoms with Gasteiger partial charge in [0.05, 0.1) is 25.0 Å². The van der Waals surface area contributed by atoms with Crippen LogP contribution in [-0.4, -0.2) is 35.2 Å². The number of hydrogen-bond donors (Lipinski definition) is 2. The molecule has 0 fully saturated rings. The summed E-state index contributed by atoms with van der Waals surface area (Å²) in [5, 5.41) is 25.1. The van der Waals surface area contributed by atoms with Crippen LogP contribution in [0.5, 0.6) is 11.5 Å². The fraction of sp³-hybridized carbons (Fsp3) is 0.286. The second kappa shape index (κ2) is 13.1. The highest BCUT2D eigenvalue weighted by molar-refractivity contribution is 5.77. The Morgan fingerprint density at radius 2 is 1.13 bits per heavy atom. The number of hydrogen-bond acceptors (Lipinski definition) is 3. The maximum Gasteiger partial charge on any atom is 0.244 e. The molecule has 0 spiro atoms. The number of amidine groups is 1. The molecule has 0 unspecified atom stereocenters. The summed E-state index contributed by atoms with van der Waals surface area (Å²) in [6, 6.07) is 34.8. The second-order valence-electron chi connectivity index (χ2n) is 10.1. The van der Waals surface area contributed by atoms with Gasteiger partial charge in [0.1, 0.15) is 5.75 Å². The average Bonchev–Trinajstić information content (AvgIpc) is 3.23. The molecule has 2 aliphatic rings. The Hall–Kier alpha value is -4.05. The molecule has 4 aromatic carbocycles. The van der Waals surface area contributed by atoms with E-state index in [1.165, 1.54) is 57.6 Å². The molecule has 0 aromatic heterocycles. The van der Waals surface area contributed by atoms with E-state index in [0.717, 1.165) is 22.3 Å². The average molecular weight is 521 g/mol. The number of benzene rings is 4. The predicted octanol–water partition coefficient (Wildman–Crippen LogP) is 6.45. The normalized spacial score (nSPS) is 15.0. The van der Waals surface area contributed by atoms with E-state index < -0.39 is 5.41 Å². The predicted molar refractivity (Wildman–Crippen MR) is 159 cm³/mol. The molecule has 2 heterocycles. The third-order valence-corrected chi connectivity index (χ3v) is 7.66. The highest BCUT2D eigenvalue weighted by Gasteiger charge is 2.38. The number of aromatic hydroxyl groups is 1. The van der Waals surface area contributed by atoms with Gasteiger partial charge in [-0.05, 0) is 53.6 Å². The Morgan fingerprint density at radius 1 is 0.615 bits per heavy atom. The van der Waals surface area contributed by atoms with Crippen LogP contribution in [0.4, 0.5) is 0 Å². The van der Waals surface area contributed by atoms with E-state index in [1.54, 1.807) is 24.3 Å². The lowest BCUT2D eigenvalue weighted by Gasteiger charge is -2.37. The fourth-order valence-electron chi connectivity index (χ4n) is 5.81. The summed E-state index contributed by atoms with van der Waals surface area (Å²) >= 11 is 0. The molecular formula is C35H40N2O2. The molecule has 0 atom stereocenters. The zero-order chi connectivity index (χ0) is 26.2. The first-order valence-electron chi connectivity index (χ1n) is 13.7. The fourth-order valence-corrected chi connectivity index (χ4v) is 5.81. The van der Waals surface area contributed by atoms with Gasteiger partial charge in [-0.3, -0.25) is 9.89 Å². The van der Waals surface area contributed by atoms with Gasteiger partial charge in [0.15, 0.2) is 0 Å². The number of nitrogens with one attached hydrogen (secondary N) is 1. The van der Waals surface area contributed by atoms with Crippen LogP contribution in [0.3, 0.4) is 0 Å². The van der Waals surface area contributed by atoms with Crippen molar-refractivity contribution in [2.45, 2.75) is 44.9 Å². The molecule has 6 rings (SSSR count). The Balaban J connectivity index is 0.000000246. The molecule has 202 valence electrons. The Labute approximate surface area is 233 Å². The molecule has 4 nitrogen and oxygen atoms in total. The summed E-state index contributed by atoms with van der Waals surface area (Å²) in [7, 11) is 0. The molecule has 0 saturated carbocycles. The molecule has 2 N–H and O–H groups in total. The minimum Gasteiger partial charge on any atom is -0.872 e. The molecule has 0 saturated heterocycles. The molecule has 0 amide bonds. The molecular weight excluding hydrogens is 480 g/mol. The highest BCUT2D eigenvalue weighted by atomic mass is 16.3. The van der Waals surface area contributed by atoms with Gasteiger partial charge in [-0.1, -0.05) is 104 Å². The largest absolute Gasteiger partial charge is 0.872 e. The third-order valence-electron chi connectivity index (χ3n) is 7.66. The van der Waals surface area contributed by atoms with Gasteiger partial charge in [-0.2, -0.15) is 0 Å². The Morgan fingerprint density at radius 3 is 1.72 bits per heavy atom.